The first-order valence-corrected chi connectivity index (χ1v) is 12.5. The van der Waals surface area contributed by atoms with E-state index in [2.05, 4.69) is 10.6 Å². The van der Waals surface area contributed by atoms with Gasteiger partial charge in [0.1, 0.15) is 17.0 Å². The number of pyridine rings is 1. The van der Waals surface area contributed by atoms with E-state index in [0.717, 1.165) is 0 Å². The molecule has 0 atom stereocenters. The Morgan fingerprint density at radius 1 is 1.11 bits per heavy atom. The van der Waals surface area contributed by atoms with Gasteiger partial charge in [0, 0.05) is 27.9 Å². The number of aromatic nitrogens is 3. The molecule has 4 aromatic rings. The van der Waals surface area contributed by atoms with Crippen molar-refractivity contribution in [3.8, 4) is 5.69 Å². The van der Waals surface area contributed by atoms with E-state index >= 15 is 0 Å². The highest BCUT2D eigenvalue weighted by Gasteiger charge is 2.31. The molecule has 2 heterocycles. The molecule has 190 valence electrons. The van der Waals surface area contributed by atoms with Crippen LogP contribution in [0.4, 0.5) is 26.4 Å². The number of primary amides is 1. The molecule has 37 heavy (non-hydrogen) atoms. The number of hydrogen-bond acceptors (Lipinski definition) is 5. The quantitative estimate of drug-likeness (QED) is 0.296. The monoisotopic (exact) mass is 616 g/mol. The number of carbonyl (C=O) groups excluding carboxylic acids is 1. The van der Waals surface area contributed by atoms with Crippen molar-refractivity contribution < 1.29 is 9.18 Å². The summed E-state index contributed by atoms with van der Waals surface area (Å²) in [7, 11) is 1.48. The van der Waals surface area contributed by atoms with E-state index in [1.165, 1.54) is 45.9 Å². The smallest absolute Gasteiger partial charge is 0.336 e. The van der Waals surface area contributed by atoms with Gasteiger partial charge in [0.05, 0.1) is 16.9 Å². The number of nitrogens with zero attached hydrogens (tertiary/aromatic N) is 3. The second kappa shape index (κ2) is 9.18. The average molecular weight is 616 g/mol. The molecule has 1 aliphatic rings. The largest absolute Gasteiger partial charge is 0.351 e. The van der Waals surface area contributed by atoms with E-state index in [0.29, 0.717) is 27.8 Å². The predicted molar refractivity (Wildman–Crippen MR) is 148 cm³/mol. The van der Waals surface area contributed by atoms with Crippen molar-refractivity contribution in [3.63, 3.8) is 0 Å². The Bertz CT molecular complexity index is 1790. The molecule has 0 saturated heterocycles. The normalized spacial score (nSPS) is 13.1. The van der Waals surface area contributed by atoms with Crippen LogP contribution in [-0.2, 0) is 7.05 Å². The molecule has 2 aromatic heterocycles. The van der Waals surface area contributed by atoms with Crippen LogP contribution in [0.3, 0.4) is 0 Å². The minimum Gasteiger partial charge on any atom is -0.351 e. The van der Waals surface area contributed by atoms with Crippen LogP contribution in [-0.4, -0.2) is 19.7 Å². The zero-order chi connectivity index (χ0) is 26.6. The number of anilines is 3. The van der Waals surface area contributed by atoms with Crippen LogP contribution in [0, 0.1) is 16.3 Å². The summed E-state index contributed by atoms with van der Waals surface area (Å²) in [5.41, 5.74) is 4.58. The minimum absolute atomic E-state index is 0.0604. The van der Waals surface area contributed by atoms with Crippen molar-refractivity contribution in [1.82, 2.24) is 13.7 Å². The lowest BCUT2D eigenvalue weighted by molar-refractivity contribution is 0.259. The zero-order valence-electron chi connectivity index (χ0n) is 19.8. The van der Waals surface area contributed by atoms with E-state index in [9.17, 15) is 23.6 Å². The topological polar surface area (TPSA) is 133 Å². The summed E-state index contributed by atoms with van der Waals surface area (Å²) in [6, 6.07) is 9.81. The van der Waals surface area contributed by atoms with Crippen LogP contribution in [0.25, 0.3) is 16.6 Å². The van der Waals surface area contributed by atoms with Gasteiger partial charge in [-0.1, -0.05) is 6.07 Å². The maximum absolute atomic E-state index is 14.8. The van der Waals surface area contributed by atoms with E-state index < -0.39 is 28.7 Å². The van der Waals surface area contributed by atoms with E-state index in [-0.39, 0.29) is 34.0 Å². The van der Waals surface area contributed by atoms with Crippen molar-refractivity contribution >= 4 is 56.7 Å². The van der Waals surface area contributed by atoms with Gasteiger partial charge in [-0.25, -0.2) is 14.0 Å². The summed E-state index contributed by atoms with van der Waals surface area (Å²) in [6.45, 7) is 1.53. The van der Waals surface area contributed by atoms with Gasteiger partial charge in [-0.2, -0.15) is 0 Å². The number of nitrogens with two attached hydrogens (primary N) is 1. The minimum atomic E-state index is -0.784. The van der Waals surface area contributed by atoms with Crippen LogP contribution in [0.15, 0.2) is 56.8 Å². The molecule has 0 unspecified atom stereocenters. The Labute approximate surface area is 222 Å². The first-order chi connectivity index (χ1) is 17.6. The number of nitrogens with one attached hydrogen (secondary N) is 2. The number of aryl methyl sites for hydroxylation is 1. The molecule has 0 radical (unpaired) electrons. The third kappa shape index (κ3) is 4.30. The summed E-state index contributed by atoms with van der Waals surface area (Å²) in [5, 5.41) is 5.46. The Balaban J connectivity index is 1.90. The summed E-state index contributed by atoms with van der Waals surface area (Å²) >= 11 is 1.98. The van der Waals surface area contributed by atoms with E-state index in [4.69, 9.17) is 5.73 Å². The molecule has 0 spiro atoms. The predicted octanol–water partition coefficient (Wildman–Crippen LogP) is 3.47. The number of fused-ring (bicyclic) bond motifs is 1. The second-order valence-corrected chi connectivity index (χ2v) is 10.1. The maximum atomic E-state index is 14.8. The number of amides is 2. The third-order valence-electron chi connectivity index (χ3n) is 6.31. The number of rotatable bonds is 5. The Hall–Kier alpha value is -3.94. The first-order valence-electron chi connectivity index (χ1n) is 11.4. The molecule has 10 nitrogen and oxygen atoms in total. The van der Waals surface area contributed by atoms with E-state index in [1.54, 1.807) is 24.3 Å². The lowest BCUT2D eigenvalue weighted by atomic mass is 10.1. The highest BCUT2D eigenvalue weighted by atomic mass is 127. The van der Waals surface area contributed by atoms with Crippen LogP contribution in [0.1, 0.15) is 24.4 Å². The van der Waals surface area contributed by atoms with Gasteiger partial charge in [-0.3, -0.25) is 23.3 Å². The molecule has 4 N–H and O–H groups in total. The van der Waals surface area contributed by atoms with Gasteiger partial charge in [-0.05, 0) is 78.8 Å². The number of carbonyl (C=O) groups is 1. The lowest BCUT2D eigenvalue weighted by Gasteiger charge is -2.21. The zero-order valence-corrected chi connectivity index (χ0v) is 22.0. The van der Waals surface area contributed by atoms with Crippen LogP contribution in [0.2, 0.25) is 0 Å². The standard InChI is InChI=1S/C25H22FIN6O4/c1-12-20-19(21(31(2)22(12)34)30-18-9-6-13(27)10-17(18)26)23(35)33(15-7-8-15)25(37)32(20)16-5-3-4-14(11-16)29-24(28)36/h3-6,9-11,15,30H,7-8H2,1-2H3,(H3,28,29,36). The fourth-order valence-corrected chi connectivity index (χ4v) is 4.89. The molecule has 1 saturated carbocycles. The molecule has 0 aliphatic heterocycles. The Morgan fingerprint density at radius 2 is 1.84 bits per heavy atom. The number of urea groups is 1. The summed E-state index contributed by atoms with van der Waals surface area (Å²) in [4.78, 5) is 52.3. The highest BCUT2D eigenvalue weighted by Crippen LogP contribution is 2.34. The van der Waals surface area contributed by atoms with Gasteiger partial charge in [0.15, 0.2) is 0 Å². The Morgan fingerprint density at radius 3 is 2.49 bits per heavy atom. The molecule has 1 fully saturated rings. The lowest BCUT2D eigenvalue weighted by Crippen LogP contribution is -2.41. The SMILES string of the molecule is Cc1c(=O)n(C)c(Nc2ccc(I)cc2F)c2c(=O)n(C3CC3)c(=O)n(-c3cccc(NC(N)=O)c3)c12. The molecular weight excluding hydrogens is 594 g/mol. The van der Waals surface area contributed by atoms with Crippen LogP contribution >= 0.6 is 22.6 Å². The number of halogens is 2. The van der Waals surface area contributed by atoms with Gasteiger partial charge in [0.25, 0.3) is 11.1 Å². The van der Waals surface area contributed by atoms with Crippen LogP contribution < -0.4 is 33.2 Å². The van der Waals surface area contributed by atoms with E-state index in [1.807, 2.05) is 22.6 Å². The molecular formula is C25H22FIN6O4. The molecule has 12 heteroatoms. The highest BCUT2D eigenvalue weighted by molar-refractivity contribution is 14.1. The number of hydrogen-bond donors (Lipinski definition) is 3. The molecule has 1 aliphatic carbocycles. The third-order valence-corrected chi connectivity index (χ3v) is 6.98. The molecule has 5 rings (SSSR count). The fraction of sp³-hybridized carbons (Fsp3) is 0.200. The van der Waals surface area contributed by atoms with Gasteiger partial charge < -0.3 is 16.4 Å². The van der Waals surface area contributed by atoms with Crippen molar-refractivity contribution in [2.45, 2.75) is 25.8 Å². The second-order valence-electron chi connectivity index (χ2n) is 8.87. The van der Waals surface area contributed by atoms with Crippen molar-refractivity contribution in [3.05, 3.63) is 88.6 Å². The molecule has 2 aromatic carbocycles. The summed E-state index contributed by atoms with van der Waals surface area (Å²) in [5.74, 6) is -0.501. The van der Waals surface area contributed by atoms with Crippen LogP contribution in [0.5, 0.6) is 0 Å². The van der Waals surface area contributed by atoms with Crippen molar-refractivity contribution in [2.24, 2.45) is 12.8 Å². The molecule has 2 amide bonds. The number of benzene rings is 2. The van der Waals surface area contributed by atoms with Gasteiger partial charge in [-0.15, -0.1) is 0 Å². The molecule has 0 bridgehead atoms. The van der Waals surface area contributed by atoms with Crippen molar-refractivity contribution in [2.75, 3.05) is 10.6 Å². The van der Waals surface area contributed by atoms with Crippen molar-refractivity contribution in [1.29, 1.82) is 0 Å². The average Bonchev–Trinajstić information content (AvgIpc) is 3.67. The first kappa shape index (κ1) is 24.7. The van der Waals surface area contributed by atoms with Gasteiger partial charge >= 0.3 is 11.7 Å². The summed E-state index contributed by atoms with van der Waals surface area (Å²) in [6.07, 6.45) is 1.31. The summed E-state index contributed by atoms with van der Waals surface area (Å²) < 4.78 is 19.2. The Kier molecular flexibility index (Phi) is 6.14. The maximum Gasteiger partial charge on any atom is 0.336 e. The fourth-order valence-electron chi connectivity index (χ4n) is 4.44. The van der Waals surface area contributed by atoms with Gasteiger partial charge in [0.2, 0.25) is 0 Å².